The van der Waals surface area contributed by atoms with Gasteiger partial charge in [0.1, 0.15) is 0 Å². The maximum absolute atomic E-state index is 13.1. The molecule has 1 fully saturated rings. The van der Waals surface area contributed by atoms with E-state index in [4.69, 9.17) is 5.73 Å². The van der Waals surface area contributed by atoms with E-state index in [9.17, 15) is 4.79 Å². The second-order valence-electron chi connectivity index (χ2n) is 8.07. The van der Waals surface area contributed by atoms with Crippen LogP contribution in [0.25, 0.3) is 0 Å². The van der Waals surface area contributed by atoms with Crippen molar-refractivity contribution in [3.63, 3.8) is 0 Å². The molecule has 0 aliphatic carbocycles. The Morgan fingerprint density at radius 2 is 1.68 bits per heavy atom. The quantitative estimate of drug-likeness (QED) is 0.832. The lowest BCUT2D eigenvalue weighted by Gasteiger charge is -2.38. The molecular weight excluding hydrogens is 348 g/mol. The fraction of sp³-hybridized carbons (Fsp3) is 0.435. The molecular formula is C23H30N4O. The minimum Gasteiger partial charge on any atom is -0.398 e. The summed E-state index contributed by atoms with van der Waals surface area (Å²) in [5.74, 6) is 0.0581. The van der Waals surface area contributed by atoms with E-state index in [2.05, 4.69) is 35.8 Å². The van der Waals surface area contributed by atoms with Crippen LogP contribution in [0.3, 0.4) is 0 Å². The van der Waals surface area contributed by atoms with Crippen molar-refractivity contribution < 1.29 is 4.79 Å². The molecule has 0 atom stereocenters. The van der Waals surface area contributed by atoms with Crippen molar-refractivity contribution in [2.75, 3.05) is 48.3 Å². The van der Waals surface area contributed by atoms with Gasteiger partial charge in [-0.3, -0.25) is 9.69 Å². The second kappa shape index (κ2) is 7.84. The Bertz CT molecular complexity index is 838. The normalized spacial score (nSPS) is 17.7. The van der Waals surface area contributed by atoms with Gasteiger partial charge in [0.05, 0.1) is 0 Å². The first-order chi connectivity index (χ1) is 13.5. The van der Waals surface area contributed by atoms with Gasteiger partial charge < -0.3 is 15.5 Å². The third kappa shape index (κ3) is 3.59. The molecule has 148 valence electrons. The van der Waals surface area contributed by atoms with Gasteiger partial charge in [0.2, 0.25) is 0 Å². The first kappa shape index (κ1) is 18.8. The first-order valence-corrected chi connectivity index (χ1v) is 10.3. The van der Waals surface area contributed by atoms with Crippen molar-refractivity contribution in [3.8, 4) is 0 Å². The van der Waals surface area contributed by atoms with Crippen LogP contribution in [0.4, 0.5) is 17.1 Å². The Morgan fingerprint density at radius 1 is 0.964 bits per heavy atom. The van der Waals surface area contributed by atoms with Crippen LogP contribution in [0, 0.1) is 0 Å². The summed E-state index contributed by atoms with van der Waals surface area (Å²) in [7, 11) is 0. The standard InChI is InChI=1S/C23H30N4O/c1-17(2)25-13-15-26(16-14-25)19-10-8-18(9-11-19)23(28)27-12-4-5-20-21(24)6-3-7-22(20)27/h3,6-11,17H,4-5,12-16,24H2,1-2H3. The largest absolute Gasteiger partial charge is 0.398 e. The van der Waals surface area contributed by atoms with Crippen molar-refractivity contribution in [1.82, 2.24) is 4.90 Å². The SMILES string of the molecule is CC(C)N1CCN(c2ccc(C(=O)N3CCCc4c(N)cccc43)cc2)CC1. The summed E-state index contributed by atoms with van der Waals surface area (Å²) in [4.78, 5) is 19.9. The van der Waals surface area contributed by atoms with E-state index in [1.165, 1.54) is 5.69 Å². The minimum absolute atomic E-state index is 0.0581. The van der Waals surface area contributed by atoms with Crippen LogP contribution < -0.4 is 15.5 Å². The highest BCUT2D eigenvalue weighted by molar-refractivity contribution is 6.07. The Balaban J connectivity index is 1.48. The van der Waals surface area contributed by atoms with E-state index in [1.54, 1.807) is 0 Å². The summed E-state index contributed by atoms with van der Waals surface area (Å²) in [5.41, 5.74) is 10.9. The first-order valence-electron chi connectivity index (χ1n) is 10.3. The number of nitrogens with zero attached hydrogens (tertiary/aromatic N) is 3. The highest BCUT2D eigenvalue weighted by atomic mass is 16.2. The molecule has 1 saturated heterocycles. The third-order valence-electron chi connectivity index (χ3n) is 6.06. The molecule has 0 bridgehead atoms. The third-order valence-corrected chi connectivity index (χ3v) is 6.06. The molecule has 2 N–H and O–H groups in total. The maximum Gasteiger partial charge on any atom is 0.258 e. The molecule has 2 aromatic carbocycles. The van der Waals surface area contributed by atoms with Crippen molar-refractivity contribution in [2.24, 2.45) is 0 Å². The number of rotatable bonds is 3. The fourth-order valence-corrected chi connectivity index (χ4v) is 4.33. The molecule has 5 heteroatoms. The van der Waals surface area contributed by atoms with Gasteiger partial charge in [-0.1, -0.05) is 6.07 Å². The molecule has 4 rings (SSSR count). The van der Waals surface area contributed by atoms with Crippen molar-refractivity contribution in [3.05, 3.63) is 53.6 Å². The van der Waals surface area contributed by atoms with E-state index < -0.39 is 0 Å². The van der Waals surface area contributed by atoms with Gasteiger partial charge in [0.25, 0.3) is 5.91 Å². The van der Waals surface area contributed by atoms with Crippen LogP contribution in [0.1, 0.15) is 36.2 Å². The van der Waals surface area contributed by atoms with Crippen molar-refractivity contribution in [2.45, 2.75) is 32.7 Å². The highest BCUT2D eigenvalue weighted by Gasteiger charge is 2.25. The molecule has 5 nitrogen and oxygen atoms in total. The number of benzene rings is 2. The molecule has 2 aliphatic heterocycles. The summed E-state index contributed by atoms with van der Waals surface area (Å²) in [6, 6.07) is 14.6. The van der Waals surface area contributed by atoms with E-state index in [0.29, 0.717) is 6.04 Å². The maximum atomic E-state index is 13.1. The highest BCUT2D eigenvalue weighted by Crippen LogP contribution is 2.32. The molecule has 2 aromatic rings. The molecule has 28 heavy (non-hydrogen) atoms. The Labute approximate surface area is 167 Å². The van der Waals surface area contributed by atoms with Crippen molar-refractivity contribution in [1.29, 1.82) is 0 Å². The summed E-state index contributed by atoms with van der Waals surface area (Å²) >= 11 is 0. The number of nitrogens with two attached hydrogens (primary N) is 1. The van der Waals surface area contributed by atoms with E-state index in [-0.39, 0.29) is 5.91 Å². The van der Waals surface area contributed by atoms with Crippen LogP contribution in [-0.4, -0.2) is 49.6 Å². The van der Waals surface area contributed by atoms with Crippen LogP contribution in [-0.2, 0) is 6.42 Å². The Kier molecular flexibility index (Phi) is 5.27. The molecule has 2 heterocycles. The predicted octanol–water partition coefficient (Wildman–Crippen LogP) is 3.39. The van der Waals surface area contributed by atoms with Crippen LogP contribution in [0.2, 0.25) is 0 Å². The molecule has 0 saturated carbocycles. The number of hydrogen-bond donors (Lipinski definition) is 1. The van der Waals surface area contributed by atoms with Crippen LogP contribution in [0.15, 0.2) is 42.5 Å². The summed E-state index contributed by atoms with van der Waals surface area (Å²) in [6.07, 6.45) is 1.89. The number of fused-ring (bicyclic) bond motifs is 1. The van der Waals surface area contributed by atoms with E-state index in [0.717, 1.165) is 68.1 Å². The zero-order valence-electron chi connectivity index (χ0n) is 16.9. The van der Waals surface area contributed by atoms with E-state index in [1.807, 2.05) is 35.2 Å². The predicted molar refractivity (Wildman–Crippen MR) is 116 cm³/mol. The molecule has 0 aromatic heterocycles. The van der Waals surface area contributed by atoms with Crippen LogP contribution in [0.5, 0.6) is 0 Å². The van der Waals surface area contributed by atoms with Gasteiger partial charge in [0, 0.05) is 61.4 Å². The van der Waals surface area contributed by atoms with Crippen molar-refractivity contribution >= 4 is 23.0 Å². The van der Waals surface area contributed by atoms with E-state index >= 15 is 0 Å². The molecule has 0 spiro atoms. The molecule has 1 amide bonds. The number of nitrogen functional groups attached to an aromatic ring is 1. The van der Waals surface area contributed by atoms with Gasteiger partial charge in [-0.15, -0.1) is 0 Å². The van der Waals surface area contributed by atoms with Gasteiger partial charge in [-0.05, 0) is 68.7 Å². The number of carbonyl (C=O) groups is 1. The number of piperazine rings is 1. The number of amides is 1. The number of carbonyl (C=O) groups excluding carboxylic acids is 1. The number of anilines is 3. The average Bonchev–Trinajstić information content (AvgIpc) is 2.73. The lowest BCUT2D eigenvalue weighted by Crippen LogP contribution is -2.48. The molecule has 2 aliphatic rings. The fourth-order valence-electron chi connectivity index (χ4n) is 4.33. The molecule has 0 radical (unpaired) electrons. The summed E-state index contributed by atoms with van der Waals surface area (Å²) in [5, 5.41) is 0. The molecule has 0 unspecified atom stereocenters. The van der Waals surface area contributed by atoms with Gasteiger partial charge in [-0.2, -0.15) is 0 Å². The average molecular weight is 379 g/mol. The minimum atomic E-state index is 0.0581. The monoisotopic (exact) mass is 378 g/mol. The second-order valence-corrected chi connectivity index (χ2v) is 8.07. The zero-order chi connectivity index (χ0) is 19.7. The zero-order valence-corrected chi connectivity index (χ0v) is 16.9. The smallest absolute Gasteiger partial charge is 0.258 e. The van der Waals surface area contributed by atoms with Gasteiger partial charge in [-0.25, -0.2) is 0 Å². The van der Waals surface area contributed by atoms with Crippen LogP contribution >= 0.6 is 0 Å². The lowest BCUT2D eigenvalue weighted by atomic mass is 9.99. The number of hydrogen-bond acceptors (Lipinski definition) is 4. The topological polar surface area (TPSA) is 52.8 Å². The lowest BCUT2D eigenvalue weighted by molar-refractivity contribution is 0.0985. The Morgan fingerprint density at radius 3 is 2.36 bits per heavy atom. The summed E-state index contributed by atoms with van der Waals surface area (Å²) in [6.45, 7) is 9.49. The summed E-state index contributed by atoms with van der Waals surface area (Å²) < 4.78 is 0. The van der Waals surface area contributed by atoms with Gasteiger partial charge >= 0.3 is 0 Å². The Hall–Kier alpha value is -2.53. The van der Waals surface area contributed by atoms with Gasteiger partial charge in [0.15, 0.2) is 0 Å².